The summed E-state index contributed by atoms with van der Waals surface area (Å²) < 4.78 is 0. The maximum Gasteiger partial charge on any atom is 0.272 e. The zero-order chi connectivity index (χ0) is 18.4. The van der Waals surface area contributed by atoms with E-state index in [1.54, 1.807) is 29.3 Å². The van der Waals surface area contributed by atoms with Crippen molar-refractivity contribution in [2.75, 3.05) is 0 Å². The van der Waals surface area contributed by atoms with Crippen LogP contribution in [0.3, 0.4) is 0 Å². The lowest BCUT2D eigenvalue weighted by Crippen LogP contribution is -2.53. The molecule has 0 aromatic heterocycles. The Labute approximate surface area is 155 Å². The molecule has 0 heterocycles. The predicted molar refractivity (Wildman–Crippen MR) is 103 cm³/mol. The van der Waals surface area contributed by atoms with Crippen molar-refractivity contribution in [3.63, 3.8) is 0 Å². The molecule has 2 aromatic rings. The van der Waals surface area contributed by atoms with Gasteiger partial charge in [-0.3, -0.25) is 15.0 Å². The van der Waals surface area contributed by atoms with E-state index in [-0.39, 0.29) is 17.9 Å². The molecule has 4 heteroatoms. The molecule has 3 rings (SSSR count). The van der Waals surface area contributed by atoms with Crippen molar-refractivity contribution < 1.29 is 9.59 Å². The van der Waals surface area contributed by atoms with Gasteiger partial charge >= 0.3 is 0 Å². The van der Waals surface area contributed by atoms with Gasteiger partial charge < -0.3 is 0 Å². The van der Waals surface area contributed by atoms with Crippen molar-refractivity contribution in [3.8, 4) is 0 Å². The van der Waals surface area contributed by atoms with Crippen LogP contribution in [0.2, 0.25) is 0 Å². The van der Waals surface area contributed by atoms with Crippen molar-refractivity contribution in [3.05, 3.63) is 71.8 Å². The van der Waals surface area contributed by atoms with Crippen LogP contribution < -0.4 is 5.43 Å². The van der Waals surface area contributed by atoms with Crippen LogP contribution in [0.25, 0.3) is 0 Å². The lowest BCUT2D eigenvalue weighted by molar-refractivity contribution is 0.0387. The summed E-state index contributed by atoms with van der Waals surface area (Å²) in [5.74, 6) is -0.00187. The molecule has 1 N–H and O–H groups in total. The molecule has 2 aromatic carbocycles. The number of carbonyl (C=O) groups excluding carboxylic acids is 2. The molecular formula is C22H26N2O2. The Kier molecular flexibility index (Phi) is 6.05. The molecule has 136 valence electrons. The third-order valence-corrected chi connectivity index (χ3v) is 5.24. The smallest absolute Gasteiger partial charge is 0.267 e. The molecule has 26 heavy (non-hydrogen) atoms. The molecule has 0 spiro atoms. The van der Waals surface area contributed by atoms with Gasteiger partial charge in [-0.1, -0.05) is 55.7 Å². The van der Waals surface area contributed by atoms with Crippen LogP contribution in [0.4, 0.5) is 0 Å². The van der Waals surface area contributed by atoms with Gasteiger partial charge in [-0.25, -0.2) is 5.01 Å². The van der Waals surface area contributed by atoms with Crippen LogP contribution in [0, 0.1) is 5.92 Å². The Balaban J connectivity index is 1.83. The summed E-state index contributed by atoms with van der Waals surface area (Å²) in [6.45, 7) is 2.04. The Morgan fingerprint density at radius 2 is 1.42 bits per heavy atom. The van der Waals surface area contributed by atoms with E-state index >= 15 is 0 Å². The van der Waals surface area contributed by atoms with Crippen molar-refractivity contribution >= 4 is 11.8 Å². The van der Waals surface area contributed by atoms with Crippen molar-refractivity contribution in [2.45, 2.75) is 45.1 Å². The third kappa shape index (κ3) is 4.31. The molecule has 2 amide bonds. The van der Waals surface area contributed by atoms with Gasteiger partial charge in [0, 0.05) is 11.1 Å². The summed E-state index contributed by atoms with van der Waals surface area (Å²) in [7, 11) is 0. The van der Waals surface area contributed by atoms with Crippen LogP contribution in [-0.4, -0.2) is 22.9 Å². The summed E-state index contributed by atoms with van der Waals surface area (Å²) in [6, 6.07) is 18.1. The lowest BCUT2D eigenvalue weighted by Gasteiger charge is -2.36. The fourth-order valence-corrected chi connectivity index (χ4v) is 3.65. The quantitative estimate of drug-likeness (QED) is 0.829. The largest absolute Gasteiger partial charge is 0.272 e. The first-order chi connectivity index (χ1) is 12.7. The van der Waals surface area contributed by atoms with Gasteiger partial charge in [0.05, 0.1) is 6.04 Å². The van der Waals surface area contributed by atoms with E-state index in [0.29, 0.717) is 17.0 Å². The number of nitrogens with zero attached hydrogens (tertiary/aromatic N) is 1. The van der Waals surface area contributed by atoms with Gasteiger partial charge in [-0.2, -0.15) is 0 Å². The Bertz CT molecular complexity index is 724. The maximum absolute atomic E-state index is 13.1. The molecule has 1 aliphatic carbocycles. The van der Waals surface area contributed by atoms with Gasteiger partial charge in [0.15, 0.2) is 0 Å². The molecule has 1 atom stereocenters. The third-order valence-electron chi connectivity index (χ3n) is 5.24. The molecule has 1 aliphatic rings. The standard InChI is InChI=1S/C22H26N2O2/c1-17(18-11-5-2-6-12-18)24(22(26)20-15-9-4-10-16-20)23-21(25)19-13-7-3-8-14-19/h3-4,7-10,13-18H,2,5-6,11-12H2,1H3,(H,23,25). The SMILES string of the molecule is CC(C1CCCCC1)N(NC(=O)c1ccccc1)C(=O)c1ccccc1. The summed E-state index contributed by atoms with van der Waals surface area (Å²) >= 11 is 0. The van der Waals surface area contributed by atoms with E-state index in [9.17, 15) is 9.59 Å². The average molecular weight is 350 g/mol. The van der Waals surface area contributed by atoms with Crippen molar-refractivity contribution in [2.24, 2.45) is 5.92 Å². The van der Waals surface area contributed by atoms with Gasteiger partial charge in [0.25, 0.3) is 11.8 Å². The number of rotatable bonds is 4. The molecule has 0 radical (unpaired) electrons. The lowest BCUT2D eigenvalue weighted by atomic mass is 9.84. The highest BCUT2D eigenvalue weighted by Gasteiger charge is 2.30. The maximum atomic E-state index is 13.1. The van der Waals surface area contributed by atoms with Crippen molar-refractivity contribution in [1.29, 1.82) is 0 Å². The van der Waals surface area contributed by atoms with Gasteiger partial charge in [0.2, 0.25) is 0 Å². The number of hydrazine groups is 1. The fraction of sp³-hybridized carbons (Fsp3) is 0.364. The van der Waals surface area contributed by atoms with E-state index in [4.69, 9.17) is 0 Å². The number of hydrogen-bond acceptors (Lipinski definition) is 2. The minimum atomic E-state index is -0.252. The first kappa shape index (κ1) is 18.2. The number of hydrogen-bond donors (Lipinski definition) is 1. The highest BCUT2D eigenvalue weighted by Crippen LogP contribution is 2.29. The van der Waals surface area contributed by atoms with E-state index < -0.39 is 0 Å². The number of benzene rings is 2. The summed E-state index contributed by atoms with van der Waals surface area (Å²) in [5.41, 5.74) is 4.01. The van der Waals surface area contributed by atoms with Crippen LogP contribution in [-0.2, 0) is 0 Å². The minimum Gasteiger partial charge on any atom is -0.267 e. The monoisotopic (exact) mass is 350 g/mol. The molecule has 0 saturated heterocycles. The van der Waals surface area contributed by atoms with E-state index in [0.717, 1.165) is 12.8 Å². The molecule has 1 unspecified atom stereocenters. The minimum absolute atomic E-state index is 0.0457. The highest BCUT2D eigenvalue weighted by atomic mass is 16.2. The first-order valence-electron chi connectivity index (χ1n) is 9.41. The number of nitrogens with one attached hydrogen (secondary N) is 1. The first-order valence-corrected chi connectivity index (χ1v) is 9.41. The molecule has 0 bridgehead atoms. The molecule has 4 nitrogen and oxygen atoms in total. The number of amides is 2. The summed E-state index contributed by atoms with van der Waals surface area (Å²) in [5, 5.41) is 1.54. The second kappa shape index (κ2) is 8.65. The van der Waals surface area contributed by atoms with Crippen molar-refractivity contribution in [1.82, 2.24) is 10.4 Å². The Hall–Kier alpha value is -2.62. The number of carbonyl (C=O) groups is 2. The van der Waals surface area contributed by atoms with Gasteiger partial charge in [0.1, 0.15) is 0 Å². The van der Waals surface area contributed by atoms with Crippen LogP contribution >= 0.6 is 0 Å². The normalized spacial score (nSPS) is 15.9. The van der Waals surface area contributed by atoms with Gasteiger partial charge in [-0.05, 0) is 49.9 Å². The van der Waals surface area contributed by atoms with Crippen LogP contribution in [0.1, 0.15) is 59.7 Å². The summed E-state index contributed by atoms with van der Waals surface area (Å²) in [6.07, 6.45) is 5.83. The summed E-state index contributed by atoms with van der Waals surface area (Å²) in [4.78, 5) is 25.8. The van der Waals surface area contributed by atoms with Crippen LogP contribution in [0.5, 0.6) is 0 Å². The molecule has 1 fully saturated rings. The van der Waals surface area contributed by atoms with E-state index in [2.05, 4.69) is 5.43 Å². The second-order valence-electron chi connectivity index (χ2n) is 6.99. The highest BCUT2D eigenvalue weighted by molar-refractivity contribution is 5.99. The Morgan fingerprint density at radius 3 is 2.00 bits per heavy atom. The van der Waals surface area contributed by atoms with E-state index in [1.165, 1.54) is 19.3 Å². The average Bonchev–Trinajstić information content (AvgIpc) is 2.73. The molecule has 0 aliphatic heterocycles. The van der Waals surface area contributed by atoms with Crippen LogP contribution in [0.15, 0.2) is 60.7 Å². The Morgan fingerprint density at radius 1 is 0.885 bits per heavy atom. The zero-order valence-corrected chi connectivity index (χ0v) is 15.2. The fourth-order valence-electron chi connectivity index (χ4n) is 3.65. The predicted octanol–water partition coefficient (Wildman–Crippen LogP) is 4.44. The zero-order valence-electron chi connectivity index (χ0n) is 15.2. The van der Waals surface area contributed by atoms with E-state index in [1.807, 2.05) is 43.3 Å². The topological polar surface area (TPSA) is 49.4 Å². The molecular weight excluding hydrogens is 324 g/mol. The second-order valence-corrected chi connectivity index (χ2v) is 6.99. The van der Waals surface area contributed by atoms with Gasteiger partial charge in [-0.15, -0.1) is 0 Å². The molecule has 1 saturated carbocycles.